The fraction of sp³-hybridized carbons (Fsp3) is 0.125. The van der Waals surface area contributed by atoms with E-state index in [2.05, 4.69) is 16.8 Å². The molecule has 4 rings (SSSR count). The van der Waals surface area contributed by atoms with E-state index < -0.39 is 0 Å². The third-order valence-corrected chi connectivity index (χ3v) is 6.10. The van der Waals surface area contributed by atoms with Crippen molar-refractivity contribution in [1.29, 1.82) is 0 Å². The number of hydrogen-bond donors (Lipinski definition) is 0. The molecule has 0 aliphatic carbocycles. The van der Waals surface area contributed by atoms with Gasteiger partial charge in [-0.2, -0.15) is 5.10 Å². The first kappa shape index (κ1) is 21.2. The molecule has 0 N–H and O–H groups in total. The summed E-state index contributed by atoms with van der Waals surface area (Å²) in [6.07, 6.45) is 3.87. The van der Waals surface area contributed by atoms with E-state index in [-0.39, 0.29) is 11.2 Å². The van der Waals surface area contributed by atoms with E-state index >= 15 is 0 Å². The van der Waals surface area contributed by atoms with Crippen molar-refractivity contribution in [3.63, 3.8) is 0 Å². The van der Waals surface area contributed by atoms with Gasteiger partial charge in [0.1, 0.15) is 11.5 Å². The molecule has 1 aliphatic rings. The highest BCUT2D eigenvalue weighted by atomic mass is 35.5. The van der Waals surface area contributed by atoms with Crippen molar-refractivity contribution in [1.82, 2.24) is 4.90 Å². The molecule has 156 valence electrons. The van der Waals surface area contributed by atoms with Gasteiger partial charge in [-0.15, -0.1) is 11.7 Å². The lowest BCUT2D eigenvalue weighted by atomic mass is 10.1. The molecule has 2 heterocycles. The summed E-state index contributed by atoms with van der Waals surface area (Å²) in [5.41, 5.74) is 2.04. The molecule has 0 radical (unpaired) electrons. The molecule has 1 amide bonds. The minimum Gasteiger partial charge on any atom is -0.455 e. The van der Waals surface area contributed by atoms with Crippen LogP contribution in [0.5, 0.6) is 0 Å². The highest BCUT2D eigenvalue weighted by Gasteiger charge is 2.37. The number of carbonyl (C=O) groups excluding carboxylic acids is 1. The third-order valence-electron chi connectivity index (χ3n) is 4.68. The topological polar surface area (TPSA) is 58.2 Å². The predicted molar refractivity (Wildman–Crippen MR) is 128 cm³/mol. The standard InChI is InChI=1S/C24H20ClN3O2S/c1-2-14-28-23(29)22(15-17-6-4-3-5-7-17)31-24(28)27-26-16-20-12-13-21(30-20)18-8-10-19(25)11-9-18/h2-13,16,22H,1,14-15H2/b26-16-,27-24+/t22-/m0/s1. The summed E-state index contributed by atoms with van der Waals surface area (Å²) in [4.78, 5) is 14.4. The molecule has 1 atom stereocenters. The summed E-state index contributed by atoms with van der Waals surface area (Å²) >= 11 is 7.35. The molecule has 5 nitrogen and oxygen atoms in total. The zero-order valence-electron chi connectivity index (χ0n) is 16.6. The number of amidine groups is 1. The Morgan fingerprint density at radius 1 is 1.10 bits per heavy atom. The molecular weight excluding hydrogens is 430 g/mol. The Labute approximate surface area is 190 Å². The van der Waals surface area contributed by atoms with Gasteiger partial charge in [0.2, 0.25) is 5.91 Å². The van der Waals surface area contributed by atoms with Gasteiger partial charge < -0.3 is 4.42 Å². The maximum atomic E-state index is 12.8. The second kappa shape index (κ2) is 9.81. The Balaban J connectivity index is 1.47. The van der Waals surface area contributed by atoms with Gasteiger partial charge in [0.25, 0.3) is 0 Å². The molecular formula is C24H20ClN3O2S. The molecule has 7 heteroatoms. The molecule has 0 spiro atoms. The normalized spacial score (nSPS) is 17.7. The van der Waals surface area contributed by atoms with Crippen molar-refractivity contribution in [3.05, 3.63) is 95.7 Å². The lowest BCUT2D eigenvalue weighted by Gasteiger charge is -2.12. The SMILES string of the molecule is C=CCN1C(=O)[C@H](Cc2ccccc2)S/C1=N/N=C\c1ccc(-c2ccc(Cl)cc2)o1. The molecule has 0 saturated carbocycles. The number of furan rings is 1. The van der Waals surface area contributed by atoms with Gasteiger partial charge in [-0.1, -0.05) is 59.8 Å². The van der Waals surface area contributed by atoms with Crippen molar-refractivity contribution in [2.75, 3.05) is 6.54 Å². The van der Waals surface area contributed by atoms with E-state index in [1.807, 2.05) is 66.7 Å². The molecule has 0 bridgehead atoms. The quantitative estimate of drug-likeness (QED) is 0.265. The van der Waals surface area contributed by atoms with Gasteiger partial charge in [0, 0.05) is 17.1 Å². The van der Waals surface area contributed by atoms with Gasteiger partial charge >= 0.3 is 0 Å². The number of benzene rings is 2. The summed E-state index contributed by atoms with van der Waals surface area (Å²) in [5, 5.41) is 9.44. The van der Waals surface area contributed by atoms with E-state index in [1.165, 1.54) is 18.0 Å². The molecule has 2 aromatic carbocycles. The lowest BCUT2D eigenvalue weighted by molar-refractivity contribution is -0.125. The van der Waals surface area contributed by atoms with E-state index in [1.54, 1.807) is 11.0 Å². The number of carbonyl (C=O) groups is 1. The number of amides is 1. The summed E-state index contributed by atoms with van der Waals surface area (Å²) in [6.45, 7) is 4.14. The van der Waals surface area contributed by atoms with Crippen LogP contribution in [0.4, 0.5) is 0 Å². The number of rotatable bonds is 7. The van der Waals surface area contributed by atoms with Crippen molar-refractivity contribution in [2.45, 2.75) is 11.7 Å². The van der Waals surface area contributed by atoms with E-state index in [0.717, 1.165) is 11.1 Å². The summed E-state index contributed by atoms with van der Waals surface area (Å²) in [6, 6.07) is 21.1. The molecule has 31 heavy (non-hydrogen) atoms. The smallest absolute Gasteiger partial charge is 0.242 e. The van der Waals surface area contributed by atoms with Crippen molar-refractivity contribution in [2.24, 2.45) is 10.2 Å². The van der Waals surface area contributed by atoms with Gasteiger partial charge in [-0.25, -0.2) is 0 Å². The maximum absolute atomic E-state index is 12.8. The summed E-state index contributed by atoms with van der Waals surface area (Å²) in [5.74, 6) is 1.30. The summed E-state index contributed by atoms with van der Waals surface area (Å²) in [7, 11) is 0. The van der Waals surface area contributed by atoms with E-state index in [4.69, 9.17) is 16.0 Å². The van der Waals surface area contributed by atoms with Crippen LogP contribution < -0.4 is 0 Å². The number of thioether (sulfide) groups is 1. The molecule has 1 fully saturated rings. The zero-order chi connectivity index (χ0) is 21.6. The molecule has 1 aromatic heterocycles. The molecule has 0 unspecified atom stereocenters. The third kappa shape index (κ3) is 5.16. The Hall–Kier alpha value is -3.09. The predicted octanol–water partition coefficient (Wildman–Crippen LogP) is 5.66. The minimum absolute atomic E-state index is 0.0192. The second-order valence-corrected chi connectivity index (χ2v) is 8.48. The largest absolute Gasteiger partial charge is 0.455 e. The monoisotopic (exact) mass is 449 g/mol. The first-order valence-electron chi connectivity index (χ1n) is 9.73. The highest BCUT2D eigenvalue weighted by Crippen LogP contribution is 2.30. The van der Waals surface area contributed by atoms with E-state index in [9.17, 15) is 4.79 Å². The number of hydrogen-bond acceptors (Lipinski definition) is 5. The fourth-order valence-electron chi connectivity index (χ4n) is 3.17. The van der Waals surface area contributed by atoms with Crippen LogP contribution in [0, 0.1) is 0 Å². The first-order chi connectivity index (χ1) is 15.1. The molecule has 1 aliphatic heterocycles. The van der Waals surface area contributed by atoms with Crippen molar-refractivity contribution < 1.29 is 9.21 Å². The van der Waals surface area contributed by atoms with Crippen LogP contribution in [0.3, 0.4) is 0 Å². The summed E-state index contributed by atoms with van der Waals surface area (Å²) < 4.78 is 5.80. The lowest BCUT2D eigenvalue weighted by Crippen LogP contribution is -2.32. The number of halogens is 1. The maximum Gasteiger partial charge on any atom is 0.242 e. The average Bonchev–Trinajstić information content (AvgIpc) is 3.36. The molecule has 1 saturated heterocycles. The van der Waals surface area contributed by atoms with Gasteiger partial charge in [-0.3, -0.25) is 9.69 Å². The highest BCUT2D eigenvalue weighted by molar-refractivity contribution is 8.15. The number of nitrogens with zero attached hydrogens (tertiary/aromatic N) is 3. The van der Waals surface area contributed by atoms with Crippen molar-refractivity contribution in [3.8, 4) is 11.3 Å². The van der Waals surface area contributed by atoms with Crippen LogP contribution in [0.1, 0.15) is 11.3 Å². The van der Waals surface area contributed by atoms with Crippen LogP contribution in [0.2, 0.25) is 5.02 Å². The zero-order valence-corrected chi connectivity index (χ0v) is 18.2. The fourth-order valence-corrected chi connectivity index (χ4v) is 4.44. The van der Waals surface area contributed by atoms with Gasteiger partial charge in [0.15, 0.2) is 5.17 Å². The van der Waals surface area contributed by atoms with Crippen molar-refractivity contribution >= 4 is 40.7 Å². The average molecular weight is 450 g/mol. The first-order valence-corrected chi connectivity index (χ1v) is 11.0. The second-order valence-electron chi connectivity index (χ2n) is 6.87. The van der Waals surface area contributed by atoms with Gasteiger partial charge in [-0.05, 0) is 48.4 Å². The Kier molecular flexibility index (Phi) is 6.70. The van der Waals surface area contributed by atoms with Crippen LogP contribution in [-0.2, 0) is 11.2 Å². The van der Waals surface area contributed by atoms with Gasteiger partial charge in [0.05, 0.1) is 11.5 Å². The van der Waals surface area contributed by atoms with Crippen LogP contribution >= 0.6 is 23.4 Å². The van der Waals surface area contributed by atoms with Crippen LogP contribution in [0.15, 0.2) is 94.0 Å². The Bertz CT molecular complexity index is 1120. The van der Waals surface area contributed by atoms with E-state index in [0.29, 0.717) is 34.7 Å². The van der Waals surface area contributed by atoms with Crippen LogP contribution in [0.25, 0.3) is 11.3 Å². The van der Waals surface area contributed by atoms with Crippen LogP contribution in [-0.4, -0.2) is 34.0 Å². The minimum atomic E-state index is -0.226. The Morgan fingerprint density at radius 3 is 2.61 bits per heavy atom. The Morgan fingerprint density at radius 2 is 1.87 bits per heavy atom. The molecule has 3 aromatic rings.